The number of benzene rings is 3. The van der Waals surface area contributed by atoms with Crippen molar-refractivity contribution in [1.29, 1.82) is 0 Å². The van der Waals surface area contributed by atoms with E-state index in [1.165, 1.54) is 25.4 Å². The summed E-state index contributed by atoms with van der Waals surface area (Å²) in [6.07, 6.45) is 3.00. The van der Waals surface area contributed by atoms with E-state index >= 15 is 0 Å². The summed E-state index contributed by atoms with van der Waals surface area (Å²) in [5, 5.41) is 7.49. The lowest BCUT2D eigenvalue weighted by molar-refractivity contribution is 0.0600. The number of ether oxygens (including phenoxy) is 1. The Hall–Kier alpha value is -4.98. The molecule has 0 spiro atoms. The average Bonchev–Trinajstić information content (AvgIpc) is 3.23. The fourth-order valence-electron chi connectivity index (χ4n) is 4.03. The van der Waals surface area contributed by atoms with Crippen LogP contribution in [-0.2, 0) is 4.74 Å². The lowest BCUT2D eigenvalue weighted by Crippen LogP contribution is -2.20. The van der Waals surface area contributed by atoms with Gasteiger partial charge in [0.25, 0.3) is 5.91 Å². The van der Waals surface area contributed by atoms with E-state index in [1.807, 2.05) is 48.5 Å². The number of fused-ring (bicyclic) bond motifs is 3. The van der Waals surface area contributed by atoms with Crippen molar-refractivity contribution in [2.24, 2.45) is 0 Å². The highest BCUT2D eigenvalue weighted by atomic mass is 16.5. The zero-order valence-electron chi connectivity index (χ0n) is 18.7. The van der Waals surface area contributed by atoms with Gasteiger partial charge in [-0.2, -0.15) is 0 Å². The number of aromatic nitrogens is 2. The van der Waals surface area contributed by atoms with Crippen LogP contribution in [0.2, 0.25) is 0 Å². The van der Waals surface area contributed by atoms with Gasteiger partial charge in [-0.15, -0.1) is 0 Å². The molecular weight excluding hydrogens is 444 g/mol. The second-order valence-corrected chi connectivity index (χ2v) is 7.79. The number of rotatable bonds is 4. The van der Waals surface area contributed by atoms with E-state index in [9.17, 15) is 14.4 Å². The Labute approximate surface area is 200 Å². The van der Waals surface area contributed by atoms with Gasteiger partial charge >= 0.3 is 12.0 Å². The summed E-state index contributed by atoms with van der Waals surface area (Å²) in [5.74, 6) is -1.00. The summed E-state index contributed by atoms with van der Waals surface area (Å²) >= 11 is 0. The van der Waals surface area contributed by atoms with Gasteiger partial charge in [0.15, 0.2) is 0 Å². The molecule has 0 atom stereocenters. The molecule has 3 aromatic carbocycles. The normalized spacial score (nSPS) is 10.8. The van der Waals surface area contributed by atoms with Crippen LogP contribution in [0.3, 0.4) is 0 Å². The third-order valence-corrected chi connectivity index (χ3v) is 5.57. The number of para-hydroxylation sites is 2. The predicted molar refractivity (Wildman–Crippen MR) is 134 cm³/mol. The number of carbonyl (C=O) groups excluding carboxylic acids is 3. The molecule has 0 aliphatic carbocycles. The van der Waals surface area contributed by atoms with Crippen molar-refractivity contribution >= 4 is 51.1 Å². The molecule has 172 valence electrons. The molecular formula is C27H20N4O4. The quantitative estimate of drug-likeness (QED) is 0.351. The molecule has 0 fully saturated rings. The molecule has 8 heteroatoms. The van der Waals surface area contributed by atoms with Gasteiger partial charge in [0, 0.05) is 34.5 Å². The Balaban J connectivity index is 1.52. The maximum Gasteiger partial charge on any atom is 0.337 e. The van der Waals surface area contributed by atoms with Crippen molar-refractivity contribution in [1.82, 2.24) is 9.55 Å². The molecule has 0 radical (unpaired) electrons. The Morgan fingerprint density at radius 1 is 0.771 bits per heavy atom. The van der Waals surface area contributed by atoms with Crippen molar-refractivity contribution < 1.29 is 19.1 Å². The molecule has 0 saturated carbocycles. The van der Waals surface area contributed by atoms with Gasteiger partial charge < -0.3 is 15.4 Å². The highest BCUT2D eigenvalue weighted by Crippen LogP contribution is 2.29. The van der Waals surface area contributed by atoms with E-state index in [0.717, 1.165) is 21.8 Å². The van der Waals surface area contributed by atoms with Crippen molar-refractivity contribution in [2.45, 2.75) is 0 Å². The lowest BCUT2D eigenvalue weighted by Gasteiger charge is -2.13. The highest BCUT2D eigenvalue weighted by Gasteiger charge is 2.17. The first-order valence-corrected chi connectivity index (χ1v) is 10.8. The van der Waals surface area contributed by atoms with E-state index in [1.54, 1.807) is 29.0 Å². The van der Waals surface area contributed by atoms with Gasteiger partial charge in [0.2, 0.25) is 0 Å². The van der Waals surface area contributed by atoms with Crippen LogP contribution < -0.4 is 10.6 Å². The minimum Gasteiger partial charge on any atom is -0.465 e. The lowest BCUT2D eigenvalue weighted by atomic mass is 10.1. The van der Waals surface area contributed by atoms with E-state index in [2.05, 4.69) is 15.6 Å². The van der Waals surface area contributed by atoms with Gasteiger partial charge in [0.05, 0.1) is 29.3 Å². The molecule has 0 bridgehead atoms. The van der Waals surface area contributed by atoms with E-state index in [0.29, 0.717) is 16.9 Å². The number of nitrogens with one attached hydrogen (secondary N) is 2. The molecule has 8 nitrogen and oxygen atoms in total. The number of carbonyl (C=O) groups is 3. The summed E-state index contributed by atoms with van der Waals surface area (Å²) in [6.45, 7) is 0. The minimum absolute atomic E-state index is 0.175. The van der Waals surface area contributed by atoms with E-state index < -0.39 is 17.9 Å². The van der Waals surface area contributed by atoms with Gasteiger partial charge in [-0.1, -0.05) is 36.4 Å². The largest absolute Gasteiger partial charge is 0.465 e. The van der Waals surface area contributed by atoms with Crippen LogP contribution in [0.25, 0.3) is 21.8 Å². The fraction of sp³-hybridized carbons (Fsp3) is 0.0370. The first-order valence-electron chi connectivity index (χ1n) is 10.8. The number of anilines is 2. The summed E-state index contributed by atoms with van der Waals surface area (Å²) < 4.78 is 6.44. The van der Waals surface area contributed by atoms with E-state index in [4.69, 9.17) is 4.74 Å². The number of methoxy groups -OCH3 is 1. The number of hydrogen-bond acceptors (Lipinski definition) is 5. The van der Waals surface area contributed by atoms with Gasteiger partial charge in [-0.3, -0.25) is 14.3 Å². The highest BCUT2D eigenvalue weighted by molar-refractivity contribution is 6.15. The molecule has 0 aliphatic heterocycles. The molecule has 2 N–H and O–H groups in total. The minimum atomic E-state index is -0.602. The average molecular weight is 464 g/mol. The molecule has 35 heavy (non-hydrogen) atoms. The molecule has 2 amide bonds. The Kier molecular flexibility index (Phi) is 5.68. The number of pyridine rings is 1. The van der Waals surface area contributed by atoms with Crippen molar-refractivity contribution in [2.75, 3.05) is 17.7 Å². The van der Waals surface area contributed by atoms with Crippen molar-refractivity contribution in [3.05, 3.63) is 102 Å². The van der Waals surface area contributed by atoms with Crippen LogP contribution in [0.1, 0.15) is 20.7 Å². The summed E-state index contributed by atoms with van der Waals surface area (Å²) in [5.41, 5.74) is 2.67. The Bertz CT molecular complexity index is 1540. The van der Waals surface area contributed by atoms with Gasteiger partial charge in [-0.05, 0) is 42.5 Å². The van der Waals surface area contributed by atoms with Crippen LogP contribution >= 0.6 is 0 Å². The Morgan fingerprint density at radius 3 is 2.00 bits per heavy atom. The summed E-state index contributed by atoms with van der Waals surface area (Å²) in [4.78, 5) is 42.3. The summed E-state index contributed by atoms with van der Waals surface area (Å²) in [6, 6.07) is 22.7. The maximum absolute atomic E-state index is 13.4. The number of hydrogen-bond donors (Lipinski definition) is 2. The van der Waals surface area contributed by atoms with Crippen LogP contribution in [0.15, 0.2) is 91.3 Å². The van der Waals surface area contributed by atoms with Gasteiger partial charge in [-0.25, -0.2) is 9.59 Å². The number of nitrogens with zero attached hydrogens (tertiary/aromatic N) is 2. The topological polar surface area (TPSA) is 102 Å². The molecule has 2 aromatic heterocycles. The molecule has 5 aromatic rings. The fourth-order valence-corrected chi connectivity index (χ4v) is 4.03. The Morgan fingerprint density at radius 2 is 1.40 bits per heavy atom. The summed E-state index contributed by atoms with van der Waals surface area (Å²) in [7, 11) is 1.26. The van der Waals surface area contributed by atoms with Crippen LogP contribution in [-0.4, -0.2) is 34.6 Å². The molecule has 0 saturated heterocycles. The predicted octanol–water partition coefficient (Wildman–Crippen LogP) is 5.31. The second-order valence-electron chi connectivity index (χ2n) is 7.79. The van der Waals surface area contributed by atoms with Crippen LogP contribution in [0, 0.1) is 0 Å². The standard InChI is InChI=1S/C27H20N4O4/c1-35-26(33)18-13-19(29-25(32)17-7-6-12-28-16-17)15-20(14-18)30-27(34)31-23-10-4-2-8-21(23)22-9-3-5-11-24(22)31/h2-16H,1H3,(H,29,32)(H,30,34). The van der Waals surface area contributed by atoms with Crippen molar-refractivity contribution in [3.63, 3.8) is 0 Å². The van der Waals surface area contributed by atoms with Crippen LogP contribution in [0.4, 0.5) is 16.2 Å². The maximum atomic E-state index is 13.4. The second kappa shape index (κ2) is 9.11. The first kappa shape index (κ1) is 21.8. The number of esters is 1. The third-order valence-electron chi connectivity index (χ3n) is 5.57. The molecule has 0 aliphatic rings. The van der Waals surface area contributed by atoms with Gasteiger partial charge in [0.1, 0.15) is 0 Å². The monoisotopic (exact) mass is 464 g/mol. The zero-order valence-corrected chi connectivity index (χ0v) is 18.7. The van der Waals surface area contributed by atoms with E-state index in [-0.39, 0.29) is 5.56 Å². The molecule has 5 rings (SSSR count). The van der Waals surface area contributed by atoms with Crippen molar-refractivity contribution in [3.8, 4) is 0 Å². The smallest absolute Gasteiger partial charge is 0.337 e. The third kappa shape index (κ3) is 4.20. The molecule has 0 unspecified atom stereocenters. The SMILES string of the molecule is COC(=O)c1cc(NC(=O)c2cccnc2)cc(NC(=O)n2c3ccccc3c3ccccc32)c1. The van der Waals surface area contributed by atoms with Crippen LogP contribution in [0.5, 0.6) is 0 Å². The molecule has 2 heterocycles. The zero-order chi connectivity index (χ0) is 24.4. The number of amides is 2. The first-order chi connectivity index (χ1) is 17.0.